The highest BCUT2D eigenvalue weighted by Gasteiger charge is 2.24. The Morgan fingerprint density at radius 3 is 1.71 bits per heavy atom. The Hall–Kier alpha value is -6.83. The molecule has 0 aliphatic rings. The van der Waals surface area contributed by atoms with Gasteiger partial charge in [0.1, 0.15) is 27.8 Å². The summed E-state index contributed by atoms with van der Waals surface area (Å²) >= 11 is 1.69. The van der Waals surface area contributed by atoms with Gasteiger partial charge in [-0.2, -0.15) is 0 Å². The Balaban J connectivity index is 1.22. The van der Waals surface area contributed by atoms with E-state index in [-0.39, 0.29) is 0 Å². The Kier molecular flexibility index (Phi) is 6.32. The number of thiazole rings is 1. The molecule has 0 aliphatic carbocycles. The van der Waals surface area contributed by atoms with Gasteiger partial charge in [0, 0.05) is 38.8 Å². The van der Waals surface area contributed by atoms with Crippen LogP contribution in [0, 0.1) is 0 Å². The van der Waals surface area contributed by atoms with Gasteiger partial charge in [-0.3, -0.25) is 9.13 Å². The standard InChI is InChI=1S/C45H27N5OS/c1-3-13-29(14-4-1)49-37-20-10-8-18-35(37)46-43(49)32-24-25-33(44-47-36-19-9-11-21-38(36)50(44)30-15-5-2-6-16-30)42-41(32)48-45(52-42)28-23-26-40-34(27-28)31-17-7-12-22-39(31)51-40/h1-27H. The lowest BCUT2D eigenvalue weighted by molar-refractivity contribution is 0.669. The molecule has 0 aliphatic heterocycles. The Bertz CT molecular complexity index is 2980. The topological polar surface area (TPSA) is 61.7 Å². The van der Waals surface area contributed by atoms with Crippen LogP contribution in [0.2, 0.25) is 0 Å². The number of imidazole rings is 2. The summed E-state index contributed by atoms with van der Waals surface area (Å²) in [6.45, 7) is 0. The molecule has 7 heteroatoms. The Labute approximate surface area is 301 Å². The number of hydrogen-bond donors (Lipinski definition) is 0. The molecule has 0 fully saturated rings. The van der Waals surface area contributed by atoms with Crippen LogP contribution in [0.4, 0.5) is 0 Å². The van der Waals surface area contributed by atoms with Crippen LogP contribution < -0.4 is 0 Å². The Morgan fingerprint density at radius 1 is 0.462 bits per heavy atom. The van der Waals surface area contributed by atoms with Crippen LogP contribution in [0.15, 0.2) is 168 Å². The summed E-state index contributed by atoms with van der Waals surface area (Å²) in [6.07, 6.45) is 0. The van der Waals surface area contributed by atoms with Gasteiger partial charge in [0.25, 0.3) is 0 Å². The van der Waals surface area contributed by atoms with Gasteiger partial charge in [0.2, 0.25) is 0 Å². The summed E-state index contributed by atoms with van der Waals surface area (Å²) < 4.78 is 11.7. The van der Waals surface area contributed by atoms with Crippen LogP contribution in [0.3, 0.4) is 0 Å². The number of rotatable bonds is 5. The van der Waals surface area contributed by atoms with Crippen molar-refractivity contribution in [2.45, 2.75) is 0 Å². The van der Waals surface area contributed by atoms with Crippen LogP contribution in [-0.2, 0) is 0 Å². The predicted octanol–water partition coefficient (Wildman–Crippen LogP) is 11.9. The molecule has 7 aromatic carbocycles. The highest BCUT2D eigenvalue weighted by molar-refractivity contribution is 7.22. The largest absolute Gasteiger partial charge is 0.456 e. The molecule has 52 heavy (non-hydrogen) atoms. The molecule has 4 aromatic heterocycles. The summed E-state index contributed by atoms with van der Waals surface area (Å²) in [4.78, 5) is 16.0. The Morgan fingerprint density at radius 2 is 1.02 bits per heavy atom. The molecule has 0 amide bonds. The maximum Gasteiger partial charge on any atom is 0.147 e. The number of aromatic nitrogens is 5. The van der Waals surface area contributed by atoms with Gasteiger partial charge in [0.05, 0.1) is 32.3 Å². The molecule has 11 rings (SSSR count). The average Bonchev–Trinajstić information content (AvgIpc) is 3.99. The van der Waals surface area contributed by atoms with E-state index >= 15 is 0 Å². The summed E-state index contributed by atoms with van der Waals surface area (Å²) in [5.74, 6) is 1.71. The van der Waals surface area contributed by atoms with Crippen LogP contribution in [0.1, 0.15) is 0 Å². The van der Waals surface area contributed by atoms with E-state index in [0.717, 1.165) is 98.9 Å². The minimum absolute atomic E-state index is 0.841. The first kappa shape index (κ1) is 29.0. The third-order valence-electron chi connectivity index (χ3n) is 9.80. The lowest BCUT2D eigenvalue weighted by Crippen LogP contribution is -1.99. The van der Waals surface area contributed by atoms with Crippen molar-refractivity contribution < 1.29 is 4.42 Å². The van der Waals surface area contributed by atoms with Crippen molar-refractivity contribution in [1.82, 2.24) is 24.1 Å². The molecule has 0 unspecified atom stereocenters. The highest BCUT2D eigenvalue weighted by Crippen LogP contribution is 2.44. The smallest absolute Gasteiger partial charge is 0.147 e. The fourth-order valence-electron chi connectivity index (χ4n) is 7.44. The van der Waals surface area contributed by atoms with E-state index in [9.17, 15) is 0 Å². The van der Waals surface area contributed by atoms with Gasteiger partial charge in [-0.1, -0.05) is 78.9 Å². The quantitative estimate of drug-likeness (QED) is 0.181. The van der Waals surface area contributed by atoms with Crippen LogP contribution in [-0.4, -0.2) is 24.1 Å². The van der Waals surface area contributed by atoms with Gasteiger partial charge in [-0.25, -0.2) is 15.0 Å². The average molecular weight is 686 g/mol. The fourth-order valence-corrected chi connectivity index (χ4v) is 8.53. The molecule has 6 nitrogen and oxygen atoms in total. The monoisotopic (exact) mass is 685 g/mol. The SMILES string of the molecule is c1ccc(-n2c(-c3ccc(-c4nc5ccccc5n4-c4ccccc4)c4sc(-c5ccc6oc7ccccc7c6c5)nc34)nc3ccccc32)cc1. The predicted molar refractivity (Wildman–Crippen MR) is 212 cm³/mol. The first-order valence-corrected chi connectivity index (χ1v) is 18.0. The summed E-state index contributed by atoms with van der Waals surface area (Å²) in [5.41, 5.74) is 11.7. The second-order valence-electron chi connectivity index (χ2n) is 12.9. The number of fused-ring (bicyclic) bond motifs is 6. The molecule has 0 bridgehead atoms. The molecule has 4 heterocycles. The highest BCUT2D eigenvalue weighted by atomic mass is 32.1. The van der Waals surface area contributed by atoms with E-state index in [0.29, 0.717) is 0 Å². The molecule has 0 atom stereocenters. The van der Waals surface area contributed by atoms with Gasteiger partial charge in [0.15, 0.2) is 0 Å². The van der Waals surface area contributed by atoms with E-state index in [1.807, 2.05) is 36.4 Å². The zero-order chi connectivity index (χ0) is 34.2. The molecule has 244 valence electrons. The molecule has 0 saturated heterocycles. The van der Waals surface area contributed by atoms with Crippen molar-refractivity contribution >= 4 is 65.6 Å². The first-order chi connectivity index (χ1) is 25.8. The van der Waals surface area contributed by atoms with Gasteiger partial charge in [-0.15, -0.1) is 11.3 Å². The van der Waals surface area contributed by atoms with E-state index in [1.54, 1.807) is 11.3 Å². The van der Waals surface area contributed by atoms with Crippen molar-refractivity contribution in [1.29, 1.82) is 0 Å². The van der Waals surface area contributed by atoms with E-state index in [2.05, 4.69) is 137 Å². The number of para-hydroxylation sites is 7. The van der Waals surface area contributed by atoms with Gasteiger partial charge in [-0.05, 0) is 84.9 Å². The van der Waals surface area contributed by atoms with Crippen molar-refractivity contribution in [3.05, 3.63) is 164 Å². The molecule has 0 radical (unpaired) electrons. The molecular formula is C45H27N5OS. The van der Waals surface area contributed by atoms with Crippen molar-refractivity contribution in [3.8, 4) is 44.7 Å². The number of furan rings is 1. The van der Waals surface area contributed by atoms with E-state index in [1.165, 1.54) is 0 Å². The third kappa shape index (κ3) is 4.39. The molecule has 0 spiro atoms. The zero-order valence-electron chi connectivity index (χ0n) is 27.6. The minimum Gasteiger partial charge on any atom is -0.456 e. The molecule has 0 N–H and O–H groups in total. The van der Waals surface area contributed by atoms with Crippen LogP contribution >= 0.6 is 11.3 Å². The third-order valence-corrected chi connectivity index (χ3v) is 10.9. The first-order valence-electron chi connectivity index (χ1n) is 17.2. The normalized spacial score (nSPS) is 11.8. The lowest BCUT2D eigenvalue weighted by atomic mass is 10.1. The maximum absolute atomic E-state index is 6.19. The summed E-state index contributed by atoms with van der Waals surface area (Å²) in [7, 11) is 0. The number of nitrogens with zero attached hydrogens (tertiary/aromatic N) is 5. The second-order valence-corrected chi connectivity index (χ2v) is 13.9. The van der Waals surface area contributed by atoms with Crippen LogP contribution in [0.5, 0.6) is 0 Å². The molecule has 0 saturated carbocycles. The zero-order valence-corrected chi connectivity index (χ0v) is 28.5. The van der Waals surface area contributed by atoms with Crippen molar-refractivity contribution in [2.24, 2.45) is 0 Å². The van der Waals surface area contributed by atoms with Gasteiger partial charge < -0.3 is 4.42 Å². The van der Waals surface area contributed by atoms with E-state index in [4.69, 9.17) is 19.4 Å². The van der Waals surface area contributed by atoms with E-state index < -0.39 is 0 Å². The number of benzene rings is 7. The fraction of sp³-hybridized carbons (Fsp3) is 0. The molecule has 11 aromatic rings. The number of hydrogen-bond acceptors (Lipinski definition) is 5. The lowest BCUT2D eigenvalue weighted by Gasteiger charge is -2.13. The van der Waals surface area contributed by atoms with Crippen molar-refractivity contribution in [3.63, 3.8) is 0 Å². The minimum atomic E-state index is 0.841. The van der Waals surface area contributed by atoms with Crippen LogP contribution in [0.25, 0.3) is 98.9 Å². The summed E-state index contributed by atoms with van der Waals surface area (Å²) in [5, 5.41) is 3.08. The summed E-state index contributed by atoms with van der Waals surface area (Å²) in [6, 6.07) is 56.4. The molecular weight excluding hydrogens is 659 g/mol. The second kappa shape index (κ2) is 11.3. The van der Waals surface area contributed by atoms with Gasteiger partial charge >= 0.3 is 0 Å². The maximum atomic E-state index is 6.19. The van der Waals surface area contributed by atoms with Crippen molar-refractivity contribution in [2.75, 3.05) is 0 Å².